The van der Waals surface area contributed by atoms with Crippen molar-refractivity contribution in [3.63, 3.8) is 0 Å². The second-order valence-electron chi connectivity index (χ2n) is 9.82. The first-order valence-corrected chi connectivity index (χ1v) is 10.6. The lowest BCUT2D eigenvalue weighted by molar-refractivity contribution is 0.0995. The van der Waals surface area contributed by atoms with Crippen LogP contribution in [-0.2, 0) is 10.8 Å². The van der Waals surface area contributed by atoms with Crippen molar-refractivity contribution < 1.29 is 10.2 Å². The second-order valence-corrected chi connectivity index (χ2v) is 9.82. The molecule has 2 N–H and O–H groups in total. The van der Waals surface area contributed by atoms with Crippen molar-refractivity contribution in [1.82, 2.24) is 0 Å². The Labute approximate surface area is 178 Å². The molecule has 0 unspecified atom stereocenters. The summed E-state index contributed by atoms with van der Waals surface area (Å²) in [5.74, 6) is 0. The lowest BCUT2D eigenvalue weighted by atomic mass is 9.68. The molecule has 0 bridgehead atoms. The van der Waals surface area contributed by atoms with Gasteiger partial charge in [0.15, 0.2) is 0 Å². The Hall–Kier alpha value is -2.56. The van der Waals surface area contributed by atoms with Crippen LogP contribution in [0.3, 0.4) is 0 Å². The highest BCUT2D eigenvalue weighted by atomic mass is 16.3. The number of aliphatic hydroxyl groups is 2. The Morgan fingerprint density at radius 1 is 0.633 bits per heavy atom. The van der Waals surface area contributed by atoms with Gasteiger partial charge in [0.05, 0.1) is 0 Å². The molecule has 30 heavy (non-hydrogen) atoms. The molecule has 4 nitrogen and oxygen atoms in total. The van der Waals surface area contributed by atoms with Crippen molar-refractivity contribution in [2.24, 2.45) is 0 Å². The van der Waals surface area contributed by atoms with Crippen LogP contribution in [0, 0.1) is 0 Å². The number of hydrogen-bond acceptors (Lipinski definition) is 4. The zero-order chi connectivity index (χ0) is 21.6. The SMILES string of the molecule is CN1C(=C2C(O)C(=C3N(C)c4ccccc4C3(C)C)C2O)C(C)(C)c2ccccc21. The first kappa shape index (κ1) is 19.4. The second kappa shape index (κ2) is 5.99. The summed E-state index contributed by atoms with van der Waals surface area (Å²) >= 11 is 0. The van der Waals surface area contributed by atoms with Crippen molar-refractivity contribution >= 4 is 11.4 Å². The van der Waals surface area contributed by atoms with E-state index >= 15 is 0 Å². The lowest BCUT2D eigenvalue weighted by Crippen LogP contribution is -2.48. The van der Waals surface area contributed by atoms with Crippen molar-refractivity contribution in [3.05, 3.63) is 82.2 Å². The normalized spacial score (nSPS) is 26.1. The smallest absolute Gasteiger partial charge is 0.106 e. The third-order valence-corrected chi connectivity index (χ3v) is 7.46. The molecule has 2 aromatic rings. The van der Waals surface area contributed by atoms with E-state index in [1.54, 1.807) is 0 Å². The molecule has 0 radical (unpaired) electrons. The van der Waals surface area contributed by atoms with Crippen LogP contribution in [-0.4, -0.2) is 36.5 Å². The number of nitrogens with zero attached hydrogens (tertiary/aromatic N) is 2. The molecule has 1 aliphatic carbocycles. The number of anilines is 2. The number of aliphatic hydroxyl groups excluding tert-OH is 2. The summed E-state index contributed by atoms with van der Waals surface area (Å²) in [6, 6.07) is 16.7. The minimum atomic E-state index is -0.780. The summed E-state index contributed by atoms with van der Waals surface area (Å²) in [4.78, 5) is 4.27. The number of fused-ring (bicyclic) bond motifs is 2. The molecule has 0 saturated heterocycles. The number of benzene rings is 2. The summed E-state index contributed by atoms with van der Waals surface area (Å²) < 4.78 is 0. The zero-order valence-electron chi connectivity index (χ0n) is 18.6. The molecule has 4 heteroatoms. The van der Waals surface area contributed by atoms with Crippen LogP contribution in [0.1, 0.15) is 38.8 Å². The number of hydrogen-bond donors (Lipinski definition) is 2. The fourth-order valence-corrected chi connectivity index (χ4v) is 6.09. The Balaban J connectivity index is 1.65. The molecule has 0 atom stereocenters. The maximum absolute atomic E-state index is 11.4. The standard InChI is InChI=1S/C26H30N2O2/c1-25(2)15-11-7-9-13-17(15)27(5)23(25)19-21(29)20(22(19)30)24-26(3,4)16-12-8-10-14-18(16)28(24)6/h7-14,21-22,29-30H,1-6H3. The van der Waals surface area contributed by atoms with Crippen molar-refractivity contribution in [1.29, 1.82) is 0 Å². The van der Waals surface area contributed by atoms with E-state index in [2.05, 4.69) is 73.9 Å². The largest absolute Gasteiger partial charge is 0.384 e. The van der Waals surface area contributed by atoms with Gasteiger partial charge in [-0.3, -0.25) is 0 Å². The average molecular weight is 403 g/mol. The highest BCUT2D eigenvalue weighted by Gasteiger charge is 2.53. The fourth-order valence-electron chi connectivity index (χ4n) is 6.09. The topological polar surface area (TPSA) is 46.9 Å². The van der Waals surface area contributed by atoms with E-state index in [9.17, 15) is 10.2 Å². The molecule has 1 fully saturated rings. The Bertz CT molecular complexity index is 1020. The van der Waals surface area contributed by atoms with E-state index in [1.807, 2.05) is 26.2 Å². The molecule has 5 rings (SSSR count). The van der Waals surface area contributed by atoms with Gasteiger partial charge in [-0.1, -0.05) is 64.1 Å². The van der Waals surface area contributed by atoms with Gasteiger partial charge in [-0.25, -0.2) is 0 Å². The van der Waals surface area contributed by atoms with Gasteiger partial charge in [0.25, 0.3) is 0 Å². The van der Waals surface area contributed by atoms with Gasteiger partial charge in [0.2, 0.25) is 0 Å². The predicted octanol–water partition coefficient (Wildman–Crippen LogP) is 4.09. The maximum atomic E-state index is 11.4. The van der Waals surface area contributed by atoms with Gasteiger partial charge in [-0.05, 0) is 23.3 Å². The van der Waals surface area contributed by atoms with Crippen LogP contribution < -0.4 is 9.80 Å². The van der Waals surface area contributed by atoms with Crippen LogP contribution in [0.2, 0.25) is 0 Å². The minimum absolute atomic E-state index is 0.279. The van der Waals surface area contributed by atoms with Gasteiger partial charge < -0.3 is 20.0 Å². The Morgan fingerprint density at radius 3 is 1.30 bits per heavy atom. The number of allylic oxidation sites excluding steroid dienone is 2. The lowest BCUT2D eigenvalue weighted by Gasteiger charge is -2.44. The van der Waals surface area contributed by atoms with Gasteiger partial charge in [0.1, 0.15) is 12.2 Å². The van der Waals surface area contributed by atoms with E-state index in [0.717, 1.165) is 33.9 Å². The molecule has 1 saturated carbocycles. The molecule has 0 amide bonds. The van der Waals surface area contributed by atoms with E-state index < -0.39 is 12.2 Å². The molecule has 3 aliphatic rings. The van der Waals surface area contributed by atoms with E-state index in [4.69, 9.17) is 0 Å². The number of likely N-dealkylation sites (N-methyl/N-ethyl adjacent to an activating group) is 2. The quantitative estimate of drug-likeness (QED) is 0.697. The van der Waals surface area contributed by atoms with Crippen LogP contribution in [0.15, 0.2) is 71.1 Å². The van der Waals surface area contributed by atoms with Crippen molar-refractivity contribution in [2.75, 3.05) is 23.9 Å². The van der Waals surface area contributed by atoms with Crippen molar-refractivity contribution in [3.8, 4) is 0 Å². The number of rotatable bonds is 0. The van der Waals surface area contributed by atoms with Crippen LogP contribution in [0.4, 0.5) is 11.4 Å². The van der Waals surface area contributed by atoms with Gasteiger partial charge in [-0.2, -0.15) is 0 Å². The number of para-hydroxylation sites is 2. The van der Waals surface area contributed by atoms with E-state index in [1.165, 1.54) is 11.1 Å². The molecule has 0 aromatic heterocycles. The van der Waals surface area contributed by atoms with Crippen LogP contribution in [0.5, 0.6) is 0 Å². The van der Waals surface area contributed by atoms with E-state index in [-0.39, 0.29) is 10.8 Å². The van der Waals surface area contributed by atoms with Crippen molar-refractivity contribution in [2.45, 2.75) is 50.7 Å². The summed E-state index contributed by atoms with van der Waals surface area (Å²) in [5, 5.41) is 22.8. The molecule has 156 valence electrons. The summed E-state index contributed by atoms with van der Waals surface area (Å²) in [5.41, 5.74) is 7.61. The Kier molecular flexibility index (Phi) is 3.88. The summed E-state index contributed by atoms with van der Waals surface area (Å²) in [6.45, 7) is 8.68. The van der Waals surface area contributed by atoms with E-state index in [0.29, 0.717) is 0 Å². The molecular weight excluding hydrogens is 372 g/mol. The molecule has 2 aliphatic heterocycles. The Morgan fingerprint density at radius 2 is 0.967 bits per heavy atom. The predicted molar refractivity (Wildman–Crippen MR) is 122 cm³/mol. The first-order chi connectivity index (χ1) is 14.1. The van der Waals surface area contributed by atoms with Gasteiger partial charge >= 0.3 is 0 Å². The molecule has 0 spiro atoms. The summed E-state index contributed by atoms with van der Waals surface area (Å²) in [7, 11) is 4.06. The third kappa shape index (κ3) is 2.18. The highest BCUT2D eigenvalue weighted by Crippen LogP contribution is 2.55. The molecule has 2 heterocycles. The minimum Gasteiger partial charge on any atom is -0.384 e. The molecular formula is C26H30N2O2. The third-order valence-electron chi connectivity index (χ3n) is 7.46. The van der Waals surface area contributed by atoms with Gasteiger partial charge in [0, 0.05) is 58.8 Å². The fraction of sp³-hybridized carbons (Fsp3) is 0.385. The first-order valence-electron chi connectivity index (χ1n) is 10.6. The zero-order valence-corrected chi connectivity index (χ0v) is 18.6. The summed E-state index contributed by atoms with van der Waals surface area (Å²) in [6.07, 6.45) is -1.56. The monoisotopic (exact) mass is 402 g/mol. The van der Waals surface area contributed by atoms with Crippen LogP contribution >= 0.6 is 0 Å². The van der Waals surface area contributed by atoms with Crippen LogP contribution in [0.25, 0.3) is 0 Å². The average Bonchev–Trinajstić information content (AvgIpc) is 3.04. The highest BCUT2D eigenvalue weighted by molar-refractivity contribution is 5.76. The van der Waals surface area contributed by atoms with Gasteiger partial charge in [-0.15, -0.1) is 0 Å². The maximum Gasteiger partial charge on any atom is 0.106 e. The molecule has 2 aromatic carbocycles.